The largest absolute Gasteiger partial charge is 4.00 e. The van der Waals surface area contributed by atoms with Gasteiger partial charge < -0.3 is 24.8 Å². The number of hydrogen-bond acceptors (Lipinski definition) is 0. The monoisotopic (exact) mass is 784 g/mol. The van der Waals surface area contributed by atoms with Crippen LogP contribution >= 0.6 is 0 Å². The summed E-state index contributed by atoms with van der Waals surface area (Å²) in [7, 11) is 0. The number of halogens is 2. The molecule has 2 unspecified atom stereocenters. The van der Waals surface area contributed by atoms with Crippen LogP contribution in [0.25, 0.3) is 5.57 Å². The first-order valence-corrected chi connectivity index (χ1v) is 15.4. The van der Waals surface area contributed by atoms with Crippen LogP contribution in [0.1, 0.15) is 106 Å². The Labute approximate surface area is 296 Å². The molecule has 2 atom stereocenters. The topological polar surface area (TPSA) is 0 Å². The van der Waals surface area contributed by atoms with E-state index < -0.39 is 0 Å². The van der Waals surface area contributed by atoms with Crippen LogP contribution in [0.3, 0.4) is 0 Å². The Morgan fingerprint density at radius 3 is 2.05 bits per heavy atom. The summed E-state index contributed by atoms with van der Waals surface area (Å²) in [4.78, 5) is 0. The Morgan fingerprint density at radius 1 is 0.907 bits per heavy atom. The average molecular weight is 784 g/mol. The molecule has 0 heterocycles. The molecule has 0 saturated heterocycles. The normalized spacial score (nSPS) is 25.0. The quantitative estimate of drug-likeness (QED) is 0.189. The summed E-state index contributed by atoms with van der Waals surface area (Å²) in [6.07, 6.45) is 8.50. The van der Waals surface area contributed by atoms with Gasteiger partial charge in [-0.25, -0.2) is 12.0 Å². The van der Waals surface area contributed by atoms with Crippen molar-refractivity contribution in [3.8, 4) is 0 Å². The molecule has 1 fully saturated rings. The number of allylic oxidation sites excluding steroid dienone is 6. The maximum atomic E-state index is 3.00. The van der Waals surface area contributed by atoms with E-state index in [0.717, 1.165) is 6.42 Å². The Kier molecular flexibility index (Phi) is 12.7. The number of fused-ring (bicyclic) bond motifs is 6. The van der Waals surface area contributed by atoms with Gasteiger partial charge in [-0.1, -0.05) is 140 Å². The van der Waals surface area contributed by atoms with E-state index in [-0.39, 0.29) is 72.3 Å². The second-order valence-corrected chi connectivity index (χ2v) is 15.2. The number of hydrogen-bond donors (Lipinski definition) is 0. The van der Waals surface area contributed by atoms with E-state index in [9.17, 15) is 0 Å². The van der Waals surface area contributed by atoms with Crippen LogP contribution in [0.4, 0.5) is 0 Å². The number of rotatable bonds is 0. The zero-order valence-electron chi connectivity index (χ0n) is 28.6. The molecule has 0 bridgehead atoms. The molecule has 2 aromatic carbocycles. The van der Waals surface area contributed by atoms with E-state index >= 15 is 0 Å². The molecular formula is C40H54Cl2Hf. The molecular weight excluding hydrogens is 730 g/mol. The first-order valence-electron chi connectivity index (χ1n) is 15.4. The summed E-state index contributed by atoms with van der Waals surface area (Å²) < 4.78 is 0. The maximum absolute atomic E-state index is 3.00. The van der Waals surface area contributed by atoms with Crippen LogP contribution in [0.2, 0.25) is 0 Å². The molecule has 0 aromatic heterocycles. The molecule has 0 spiro atoms. The van der Waals surface area contributed by atoms with Gasteiger partial charge in [0.2, 0.25) is 0 Å². The molecule has 43 heavy (non-hydrogen) atoms. The molecule has 0 amide bonds. The van der Waals surface area contributed by atoms with Crippen molar-refractivity contribution in [3.05, 3.63) is 113 Å². The van der Waals surface area contributed by atoms with Gasteiger partial charge in [-0.3, -0.25) is 0 Å². The molecule has 0 N–H and O–H groups in total. The van der Waals surface area contributed by atoms with Gasteiger partial charge in [-0.15, -0.1) is 20.1 Å². The minimum atomic E-state index is 0. The fourth-order valence-corrected chi connectivity index (χ4v) is 8.44. The van der Waals surface area contributed by atoms with Gasteiger partial charge in [0.05, 0.1) is 0 Å². The van der Waals surface area contributed by atoms with Crippen LogP contribution in [-0.4, -0.2) is 0 Å². The fraction of sp³-hybridized carbons (Fsp3) is 0.500. The van der Waals surface area contributed by atoms with Crippen LogP contribution in [0, 0.1) is 33.5 Å². The van der Waals surface area contributed by atoms with Crippen molar-refractivity contribution >= 4 is 5.57 Å². The predicted octanol–water partition coefficient (Wildman–Crippen LogP) is 5.48. The predicted molar refractivity (Wildman–Crippen MR) is 176 cm³/mol. The van der Waals surface area contributed by atoms with Crippen LogP contribution < -0.4 is 24.8 Å². The fourth-order valence-electron chi connectivity index (χ4n) is 8.44. The third-order valence-corrected chi connectivity index (χ3v) is 12.3. The number of benzene rings is 1. The van der Waals surface area contributed by atoms with Crippen molar-refractivity contribution in [1.82, 2.24) is 0 Å². The summed E-state index contributed by atoms with van der Waals surface area (Å²) in [5, 5.41) is 0. The van der Waals surface area contributed by atoms with Gasteiger partial charge in [-0.05, 0) is 40.6 Å². The van der Waals surface area contributed by atoms with E-state index in [2.05, 4.69) is 150 Å². The minimum absolute atomic E-state index is 0. The Balaban J connectivity index is 0.000000569. The van der Waals surface area contributed by atoms with E-state index in [1.165, 1.54) is 29.5 Å². The van der Waals surface area contributed by atoms with Crippen LogP contribution in [-0.2, 0) is 37.7 Å². The summed E-state index contributed by atoms with van der Waals surface area (Å²) in [5.41, 5.74) is 12.0. The van der Waals surface area contributed by atoms with Crippen molar-refractivity contribution in [1.29, 1.82) is 0 Å². The van der Waals surface area contributed by atoms with E-state index in [0.29, 0.717) is 11.3 Å². The van der Waals surface area contributed by atoms with Gasteiger partial charge >= 0.3 is 25.8 Å². The maximum Gasteiger partial charge on any atom is 4.00 e. The zero-order valence-corrected chi connectivity index (χ0v) is 33.7. The van der Waals surface area contributed by atoms with Crippen LogP contribution in [0.15, 0.2) is 90.6 Å². The Bertz CT molecular complexity index is 1340. The molecule has 232 valence electrons. The second-order valence-electron chi connectivity index (χ2n) is 15.2. The van der Waals surface area contributed by atoms with Crippen molar-refractivity contribution in [2.45, 2.75) is 101 Å². The summed E-state index contributed by atoms with van der Waals surface area (Å²) in [6, 6.07) is 17.7. The van der Waals surface area contributed by atoms with E-state index in [1.54, 1.807) is 28.2 Å². The Hall–Kier alpha value is -1.15. The first kappa shape index (κ1) is 39.9. The first-order chi connectivity index (χ1) is 18.6. The smallest absolute Gasteiger partial charge is 1.00 e. The van der Waals surface area contributed by atoms with E-state index in [1.807, 2.05) is 0 Å². The van der Waals surface area contributed by atoms with Gasteiger partial charge in [0, 0.05) is 0 Å². The molecule has 4 aliphatic rings. The summed E-state index contributed by atoms with van der Waals surface area (Å²) in [6.45, 7) is 33.0. The standard InChI is InChI=1S/C29H37.C9H13.C2H4.2ClH.Hf/c1-18-25-22-17-19-13-9-10-14-20(19)24(22)21-15-11-12-16-23(21)29(25,8)28(6,7)27(4,5)26(18,2)3;1-9(2,3)8-6-4-5-7-8;1-2;;;/h9-11,13-15,23H,12,16-17H2,1-8H3;4-7H,1-3H3;1-2H2;2*1H;/q2*-1;;;;+4/p-2. The minimum Gasteiger partial charge on any atom is -1.00 e. The van der Waals surface area contributed by atoms with Gasteiger partial charge in [0.15, 0.2) is 0 Å². The van der Waals surface area contributed by atoms with Gasteiger partial charge in [0.1, 0.15) is 0 Å². The molecule has 1 saturated carbocycles. The zero-order chi connectivity index (χ0) is 29.9. The van der Waals surface area contributed by atoms with Crippen molar-refractivity contribution < 1.29 is 50.7 Å². The molecule has 0 nitrogen and oxygen atoms in total. The molecule has 4 aliphatic carbocycles. The van der Waals surface area contributed by atoms with Crippen molar-refractivity contribution in [2.24, 2.45) is 27.6 Å². The third-order valence-electron chi connectivity index (χ3n) is 12.3. The molecule has 6 rings (SSSR count). The van der Waals surface area contributed by atoms with Crippen molar-refractivity contribution in [3.63, 3.8) is 0 Å². The molecule has 2 aromatic rings. The molecule has 0 radical (unpaired) electrons. The third kappa shape index (κ3) is 5.83. The van der Waals surface area contributed by atoms with Gasteiger partial charge in [0.25, 0.3) is 0 Å². The molecule has 3 heteroatoms. The SMILES string of the molecule is C=C.CC(C)(C)c1cc[cH-]c1.C[C-]1C2=C3Cc4ccccc4C3=C3C=CCCC3C2(C)C(C)(C)C(C)(C)C1(C)C.[Cl-].[Cl-].[Hf+4]. The summed E-state index contributed by atoms with van der Waals surface area (Å²) >= 11 is 0. The second kappa shape index (κ2) is 13.7. The average Bonchev–Trinajstić information content (AvgIpc) is 3.58. The Morgan fingerprint density at radius 2 is 1.51 bits per heavy atom. The van der Waals surface area contributed by atoms with Crippen LogP contribution in [0.5, 0.6) is 0 Å². The van der Waals surface area contributed by atoms with Crippen molar-refractivity contribution in [2.75, 3.05) is 0 Å². The van der Waals surface area contributed by atoms with Gasteiger partial charge in [-0.2, -0.15) is 34.9 Å². The van der Waals surface area contributed by atoms with E-state index in [4.69, 9.17) is 0 Å². The molecule has 0 aliphatic heterocycles. The summed E-state index contributed by atoms with van der Waals surface area (Å²) in [5.74, 6) is 2.24.